The quantitative estimate of drug-likeness (QED) is 0.796. The first-order chi connectivity index (χ1) is 11.6. The SMILES string of the molecule is COc1ccccc1C(=O)Nc1cc(C)nn1-c1ccc(C)cc1. The highest BCUT2D eigenvalue weighted by molar-refractivity contribution is 6.05. The molecule has 122 valence electrons. The number of rotatable bonds is 4. The van der Waals surface area contributed by atoms with Crippen molar-refractivity contribution in [2.24, 2.45) is 0 Å². The maximum Gasteiger partial charge on any atom is 0.260 e. The van der Waals surface area contributed by atoms with E-state index in [2.05, 4.69) is 10.4 Å². The van der Waals surface area contributed by atoms with E-state index in [0.717, 1.165) is 11.4 Å². The summed E-state index contributed by atoms with van der Waals surface area (Å²) in [7, 11) is 1.55. The fraction of sp³-hybridized carbons (Fsp3) is 0.158. The van der Waals surface area contributed by atoms with Gasteiger partial charge in [-0.25, -0.2) is 4.68 Å². The number of aryl methyl sites for hydroxylation is 2. The minimum atomic E-state index is -0.235. The highest BCUT2D eigenvalue weighted by Gasteiger charge is 2.15. The van der Waals surface area contributed by atoms with Crippen molar-refractivity contribution in [3.05, 3.63) is 71.4 Å². The summed E-state index contributed by atoms with van der Waals surface area (Å²) in [6.07, 6.45) is 0. The molecular formula is C19H19N3O2. The van der Waals surface area contributed by atoms with Crippen molar-refractivity contribution in [1.82, 2.24) is 9.78 Å². The number of aromatic nitrogens is 2. The second-order valence-electron chi connectivity index (χ2n) is 5.57. The van der Waals surface area contributed by atoms with E-state index in [-0.39, 0.29) is 5.91 Å². The van der Waals surface area contributed by atoms with E-state index in [9.17, 15) is 4.79 Å². The monoisotopic (exact) mass is 321 g/mol. The van der Waals surface area contributed by atoms with Crippen LogP contribution in [0, 0.1) is 13.8 Å². The van der Waals surface area contributed by atoms with Crippen LogP contribution in [0.4, 0.5) is 5.82 Å². The summed E-state index contributed by atoms with van der Waals surface area (Å²) >= 11 is 0. The molecule has 0 atom stereocenters. The van der Waals surface area contributed by atoms with Crippen LogP contribution < -0.4 is 10.1 Å². The smallest absolute Gasteiger partial charge is 0.260 e. The number of nitrogens with one attached hydrogen (secondary N) is 1. The molecule has 0 saturated carbocycles. The number of benzene rings is 2. The zero-order chi connectivity index (χ0) is 17.1. The van der Waals surface area contributed by atoms with Crippen molar-refractivity contribution >= 4 is 11.7 Å². The maximum atomic E-state index is 12.6. The van der Waals surface area contributed by atoms with Crippen molar-refractivity contribution in [1.29, 1.82) is 0 Å². The highest BCUT2D eigenvalue weighted by Crippen LogP contribution is 2.21. The third kappa shape index (κ3) is 3.15. The van der Waals surface area contributed by atoms with Crippen molar-refractivity contribution < 1.29 is 9.53 Å². The van der Waals surface area contributed by atoms with Gasteiger partial charge >= 0.3 is 0 Å². The maximum absolute atomic E-state index is 12.6. The number of para-hydroxylation sites is 1. The van der Waals surface area contributed by atoms with Gasteiger partial charge in [-0.2, -0.15) is 5.10 Å². The molecule has 2 aromatic carbocycles. The largest absolute Gasteiger partial charge is 0.496 e. The van der Waals surface area contributed by atoms with Crippen molar-refractivity contribution in [3.63, 3.8) is 0 Å². The molecule has 24 heavy (non-hydrogen) atoms. The Labute approximate surface area is 140 Å². The lowest BCUT2D eigenvalue weighted by molar-refractivity contribution is 0.102. The molecule has 0 spiro atoms. The molecule has 5 nitrogen and oxygen atoms in total. The average molecular weight is 321 g/mol. The van der Waals surface area contributed by atoms with Crippen molar-refractivity contribution in [3.8, 4) is 11.4 Å². The molecule has 0 bridgehead atoms. The molecule has 1 heterocycles. The van der Waals surface area contributed by atoms with E-state index in [1.165, 1.54) is 5.56 Å². The summed E-state index contributed by atoms with van der Waals surface area (Å²) in [6.45, 7) is 3.92. The van der Waals surface area contributed by atoms with Crippen LogP contribution in [0.15, 0.2) is 54.6 Å². The standard InChI is InChI=1S/C19H19N3O2/c1-13-8-10-15(11-9-13)22-18(12-14(2)21-22)20-19(23)16-6-4-5-7-17(16)24-3/h4-12H,1-3H3,(H,20,23). The second kappa shape index (κ2) is 6.58. The first-order valence-corrected chi connectivity index (χ1v) is 7.66. The lowest BCUT2D eigenvalue weighted by Gasteiger charge is -2.11. The summed E-state index contributed by atoms with van der Waals surface area (Å²) in [4.78, 5) is 12.6. The van der Waals surface area contributed by atoms with E-state index in [1.807, 2.05) is 50.2 Å². The molecule has 0 unspecified atom stereocenters. The Morgan fingerprint density at radius 1 is 1.08 bits per heavy atom. The van der Waals surface area contributed by atoms with Crippen LogP contribution >= 0.6 is 0 Å². The van der Waals surface area contributed by atoms with Crippen molar-refractivity contribution in [2.45, 2.75) is 13.8 Å². The summed E-state index contributed by atoms with van der Waals surface area (Å²) in [6, 6.07) is 16.9. The van der Waals surface area contributed by atoms with E-state index < -0.39 is 0 Å². The Morgan fingerprint density at radius 3 is 2.50 bits per heavy atom. The van der Waals surface area contributed by atoms with Crippen molar-refractivity contribution in [2.75, 3.05) is 12.4 Å². The van der Waals surface area contributed by atoms with E-state index >= 15 is 0 Å². The topological polar surface area (TPSA) is 56.1 Å². The molecule has 3 aromatic rings. The lowest BCUT2D eigenvalue weighted by atomic mass is 10.2. The molecule has 0 aliphatic carbocycles. The minimum absolute atomic E-state index is 0.235. The predicted molar refractivity (Wildman–Crippen MR) is 94.0 cm³/mol. The van der Waals surface area contributed by atoms with Crippen LogP contribution in [-0.2, 0) is 0 Å². The summed E-state index contributed by atoms with van der Waals surface area (Å²) < 4.78 is 6.98. The Kier molecular flexibility index (Phi) is 4.33. The van der Waals surface area contributed by atoms with Gasteiger partial charge in [0, 0.05) is 6.07 Å². The van der Waals surface area contributed by atoms with Crippen LogP contribution in [0.3, 0.4) is 0 Å². The molecule has 1 amide bonds. The summed E-state index contributed by atoms with van der Waals surface area (Å²) in [5.41, 5.74) is 3.37. The number of carbonyl (C=O) groups excluding carboxylic acids is 1. The molecule has 0 radical (unpaired) electrons. The Hall–Kier alpha value is -3.08. The van der Waals surface area contributed by atoms with Gasteiger partial charge < -0.3 is 10.1 Å². The summed E-state index contributed by atoms with van der Waals surface area (Å²) in [5, 5.41) is 7.39. The van der Waals surface area contributed by atoms with Gasteiger partial charge in [0.2, 0.25) is 0 Å². The number of amides is 1. The lowest BCUT2D eigenvalue weighted by Crippen LogP contribution is -2.16. The van der Waals surface area contributed by atoms with Gasteiger partial charge in [-0.1, -0.05) is 29.8 Å². The molecule has 3 rings (SSSR count). The van der Waals surface area contributed by atoms with Gasteiger partial charge in [0.05, 0.1) is 24.1 Å². The zero-order valence-corrected chi connectivity index (χ0v) is 13.9. The van der Waals surface area contributed by atoms with E-state index in [0.29, 0.717) is 17.1 Å². The van der Waals surface area contributed by atoms with Gasteiger partial charge in [-0.15, -0.1) is 0 Å². The van der Waals surface area contributed by atoms with Crippen LogP contribution in [0.1, 0.15) is 21.6 Å². The molecule has 0 saturated heterocycles. The Bertz CT molecular complexity index is 867. The number of anilines is 1. The normalized spacial score (nSPS) is 10.5. The highest BCUT2D eigenvalue weighted by atomic mass is 16.5. The van der Waals surface area contributed by atoms with Crippen LogP contribution in [0.5, 0.6) is 5.75 Å². The first kappa shape index (κ1) is 15.8. The Balaban J connectivity index is 1.93. The van der Waals surface area contributed by atoms with Gasteiger partial charge in [-0.05, 0) is 38.1 Å². The first-order valence-electron chi connectivity index (χ1n) is 7.66. The fourth-order valence-corrected chi connectivity index (χ4v) is 2.49. The number of carbonyl (C=O) groups is 1. The predicted octanol–water partition coefficient (Wildman–Crippen LogP) is 3.75. The molecule has 0 aliphatic heterocycles. The number of hydrogen-bond donors (Lipinski definition) is 1. The van der Waals surface area contributed by atoms with E-state index in [1.54, 1.807) is 30.0 Å². The number of methoxy groups -OCH3 is 1. The van der Waals surface area contributed by atoms with Crippen LogP contribution in [0.2, 0.25) is 0 Å². The molecule has 0 aliphatic rings. The van der Waals surface area contributed by atoms with E-state index in [4.69, 9.17) is 4.74 Å². The average Bonchev–Trinajstić information content (AvgIpc) is 2.95. The molecule has 1 N–H and O–H groups in total. The molecule has 5 heteroatoms. The molecular weight excluding hydrogens is 302 g/mol. The second-order valence-corrected chi connectivity index (χ2v) is 5.57. The molecule has 1 aromatic heterocycles. The van der Waals surface area contributed by atoms with Crippen LogP contribution in [0.25, 0.3) is 5.69 Å². The van der Waals surface area contributed by atoms with Gasteiger partial charge in [-0.3, -0.25) is 4.79 Å². The van der Waals surface area contributed by atoms with Gasteiger partial charge in [0.1, 0.15) is 11.6 Å². The Morgan fingerprint density at radius 2 is 1.79 bits per heavy atom. The number of hydrogen-bond acceptors (Lipinski definition) is 3. The fourth-order valence-electron chi connectivity index (χ4n) is 2.49. The van der Waals surface area contributed by atoms with Gasteiger partial charge in [0.15, 0.2) is 0 Å². The van der Waals surface area contributed by atoms with Gasteiger partial charge in [0.25, 0.3) is 5.91 Å². The minimum Gasteiger partial charge on any atom is -0.496 e. The number of ether oxygens (including phenoxy) is 1. The zero-order valence-electron chi connectivity index (χ0n) is 13.9. The number of nitrogens with zero attached hydrogens (tertiary/aromatic N) is 2. The van der Waals surface area contributed by atoms with Crippen LogP contribution in [-0.4, -0.2) is 22.8 Å². The third-order valence-electron chi connectivity index (χ3n) is 3.70. The summed E-state index contributed by atoms with van der Waals surface area (Å²) in [5.74, 6) is 0.918. The molecule has 0 fully saturated rings. The third-order valence-corrected chi connectivity index (χ3v) is 3.70.